The number of hydrogen-bond donors (Lipinski definition) is 0. The summed E-state index contributed by atoms with van der Waals surface area (Å²) in [5.74, 6) is 0.280. The number of fused-ring (bicyclic) bond motifs is 7. The fourth-order valence-corrected chi connectivity index (χ4v) is 6.97. The average Bonchev–Trinajstić information content (AvgIpc) is 3.52. The number of carbonyl (C=O) groups is 1. The normalized spacial score (nSPS) is 13.8. The molecule has 0 aliphatic heterocycles. The van der Waals surface area contributed by atoms with Crippen molar-refractivity contribution < 1.29 is 4.79 Å². The van der Waals surface area contributed by atoms with Crippen LogP contribution in [0.1, 0.15) is 41.3 Å². The van der Waals surface area contributed by atoms with Gasteiger partial charge in [0.2, 0.25) is 0 Å². The van der Waals surface area contributed by atoms with E-state index in [1.165, 1.54) is 60.8 Å². The smallest absolute Gasteiger partial charge is 0.161 e. The SMILES string of the molecule is CC(=O)c1ccccc1-n1c2ccc(-c3ccccc3)cc2c2ccc3c(c21)C(C)c1ccc(-c2ccccc2)cc1-3. The first kappa shape index (κ1) is 24.6. The van der Waals surface area contributed by atoms with Gasteiger partial charge in [0.15, 0.2) is 5.78 Å². The first-order valence-corrected chi connectivity index (χ1v) is 14.6. The highest BCUT2D eigenvalue weighted by Crippen LogP contribution is 2.51. The lowest BCUT2D eigenvalue weighted by molar-refractivity contribution is 0.101. The van der Waals surface area contributed by atoms with E-state index in [9.17, 15) is 4.79 Å². The molecular weight excluding hydrogens is 510 g/mol. The van der Waals surface area contributed by atoms with Crippen molar-refractivity contribution in [3.63, 3.8) is 0 Å². The van der Waals surface area contributed by atoms with Crippen LogP contribution in [0.3, 0.4) is 0 Å². The maximum atomic E-state index is 12.9. The summed E-state index contributed by atoms with van der Waals surface area (Å²) in [5, 5.41) is 2.41. The predicted molar refractivity (Wildman–Crippen MR) is 175 cm³/mol. The van der Waals surface area contributed by atoms with Gasteiger partial charge in [0, 0.05) is 22.3 Å². The Hall–Kier alpha value is -5.21. The van der Waals surface area contributed by atoms with Crippen molar-refractivity contribution in [2.75, 3.05) is 0 Å². The molecule has 2 nitrogen and oxygen atoms in total. The van der Waals surface area contributed by atoms with Gasteiger partial charge in [-0.3, -0.25) is 4.79 Å². The zero-order valence-corrected chi connectivity index (χ0v) is 23.6. The Labute approximate surface area is 245 Å². The van der Waals surface area contributed by atoms with Crippen LogP contribution >= 0.6 is 0 Å². The van der Waals surface area contributed by atoms with Crippen molar-refractivity contribution in [1.82, 2.24) is 4.57 Å². The number of nitrogens with zero attached hydrogens (tertiary/aromatic N) is 1. The van der Waals surface area contributed by atoms with Crippen LogP contribution in [-0.2, 0) is 0 Å². The Morgan fingerprint density at radius 3 is 1.95 bits per heavy atom. The molecule has 0 bridgehead atoms. The van der Waals surface area contributed by atoms with Crippen molar-refractivity contribution >= 4 is 27.6 Å². The number of Topliss-reactive ketones (excluding diaryl/α,β-unsaturated/α-hetero) is 1. The molecule has 0 radical (unpaired) electrons. The molecule has 0 fully saturated rings. The van der Waals surface area contributed by atoms with Crippen LogP contribution in [0.2, 0.25) is 0 Å². The molecule has 1 heterocycles. The van der Waals surface area contributed by atoms with Gasteiger partial charge in [0.05, 0.1) is 16.7 Å². The molecule has 1 atom stereocenters. The summed E-state index contributed by atoms with van der Waals surface area (Å²) in [5.41, 5.74) is 14.0. The van der Waals surface area contributed by atoms with Crippen molar-refractivity contribution in [2.45, 2.75) is 19.8 Å². The highest BCUT2D eigenvalue weighted by molar-refractivity contribution is 6.14. The fraction of sp³-hybridized carbons (Fsp3) is 0.0750. The fourth-order valence-electron chi connectivity index (χ4n) is 6.97. The minimum atomic E-state index is 0.0675. The van der Waals surface area contributed by atoms with Gasteiger partial charge in [-0.15, -0.1) is 0 Å². The van der Waals surface area contributed by atoms with Gasteiger partial charge < -0.3 is 4.57 Å². The summed E-state index contributed by atoms with van der Waals surface area (Å²) in [7, 11) is 0. The lowest BCUT2D eigenvalue weighted by Crippen LogP contribution is -2.05. The maximum absolute atomic E-state index is 12.9. The molecule has 2 heteroatoms. The maximum Gasteiger partial charge on any atom is 0.161 e. The Morgan fingerprint density at radius 1 is 0.595 bits per heavy atom. The van der Waals surface area contributed by atoms with Gasteiger partial charge in [0.25, 0.3) is 0 Å². The van der Waals surface area contributed by atoms with Gasteiger partial charge in [-0.2, -0.15) is 0 Å². The summed E-state index contributed by atoms with van der Waals surface area (Å²) in [4.78, 5) is 12.9. The van der Waals surface area contributed by atoms with Gasteiger partial charge in [0.1, 0.15) is 0 Å². The molecule has 0 saturated carbocycles. The molecule has 42 heavy (non-hydrogen) atoms. The van der Waals surface area contributed by atoms with Crippen LogP contribution in [0, 0.1) is 0 Å². The number of aromatic nitrogens is 1. The third kappa shape index (κ3) is 3.62. The van der Waals surface area contributed by atoms with Gasteiger partial charge in [-0.25, -0.2) is 0 Å². The van der Waals surface area contributed by atoms with Crippen molar-refractivity contribution in [2.24, 2.45) is 0 Å². The number of rotatable bonds is 4. The first-order chi connectivity index (χ1) is 20.6. The van der Waals surface area contributed by atoms with Gasteiger partial charge in [-0.1, -0.05) is 110 Å². The van der Waals surface area contributed by atoms with Crippen LogP contribution in [-0.4, -0.2) is 10.4 Å². The molecule has 200 valence electrons. The van der Waals surface area contributed by atoms with E-state index in [1.54, 1.807) is 6.92 Å². The molecular formula is C40H29NO. The van der Waals surface area contributed by atoms with Crippen LogP contribution in [0.4, 0.5) is 0 Å². The topological polar surface area (TPSA) is 22.0 Å². The molecule has 6 aromatic carbocycles. The Morgan fingerprint density at radius 2 is 1.24 bits per heavy atom. The number of para-hydroxylation sites is 1. The van der Waals surface area contributed by atoms with Crippen LogP contribution in [0.25, 0.3) is 60.9 Å². The molecule has 1 aliphatic rings. The number of benzene rings is 6. The zero-order valence-electron chi connectivity index (χ0n) is 23.6. The van der Waals surface area contributed by atoms with Crippen molar-refractivity contribution in [1.29, 1.82) is 0 Å². The Bertz CT molecular complexity index is 2170. The molecule has 0 N–H and O–H groups in total. The van der Waals surface area contributed by atoms with E-state index in [2.05, 4.69) is 127 Å². The lowest BCUT2D eigenvalue weighted by Gasteiger charge is -2.16. The molecule has 1 unspecified atom stereocenters. The van der Waals surface area contributed by atoms with E-state index in [0.717, 1.165) is 16.8 Å². The second kappa shape index (κ2) is 9.43. The van der Waals surface area contributed by atoms with Crippen LogP contribution < -0.4 is 0 Å². The second-order valence-electron chi connectivity index (χ2n) is 11.3. The second-order valence-corrected chi connectivity index (χ2v) is 11.3. The monoisotopic (exact) mass is 539 g/mol. The summed E-state index contributed by atoms with van der Waals surface area (Å²) in [6, 6.07) is 47.4. The van der Waals surface area contributed by atoms with Crippen molar-refractivity contribution in [3.05, 3.63) is 150 Å². The zero-order chi connectivity index (χ0) is 28.4. The van der Waals surface area contributed by atoms with Gasteiger partial charge >= 0.3 is 0 Å². The average molecular weight is 540 g/mol. The Kier molecular flexibility index (Phi) is 5.52. The molecule has 0 amide bonds. The molecule has 1 aliphatic carbocycles. The molecule has 8 rings (SSSR count). The van der Waals surface area contributed by atoms with E-state index in [4.69, 9.17) is 0 Å². The Balaban J connectivity index is 1.46. The number of ketones is 1. The molecule has 0 saturated heterocycles. The molecule has 1 aromatic heterocycles. The largest absolute Gasteiger partial charge is 0.308 e. The number of hydrogen-bond acceptors (Lipinski definition) is 1. The minimum Gasteiger partial charge on any atom is -0.308 e. The lowest BCUT2D eigenvalue weighted by atomic mass is 9.95. The summed E-state index contributed by atoms with van der Waals surface area (Å²) < 4.78 is 2.34. The van der Waals surface area contributed by atoms with Crippen molar-refractivity contribution in [3.8, 4) is 39.1 Å². The highest BCUT2D eigenvalue weighted by atomic mass is 16.1. The molecule has 0 spiro atoms. The minimum absolute atomic E-state index is 0.0675. The van der Waals surface area contributed by atoms with Gasteiger partial charge in [-0.05, 0) is 81.8 Å². The highest BCUT2D eigenvalue weighted by Gasteiger charge is 2.31. The first-order valence-electron chi connectivity index (χ1n) is 14.6. The third-order valence-electron chi connectivity index (χ3n) is 8.95. The summed E-state index contributed by atoms with van der Waals surface area (Å²) in [6.07, 6.45) is 0. The van der Waals surface area contributed by atoms with E-state index in [1.807, 2.05) is 18.2 Å². The summed E-state index contributed by atoms with van der Waals surface area (Å²) in [6.45, 7) is 3.98. The predicted octanol–water partition coefficient (Wildman–Crippen LogP) is 10.5. The molecule has 7 aromatic rings. The van der Waals surface area contributed by atoms with Crippen LogP contribution in [0.5, 0.6) is 0 Å². The van der Waals surface area contributed by atoms with E-state index < -0.39 is 0 Å². The summed E-state index contributed by atoms with van der Waals surface area (Å²) >= 11 is 0. The van der Waals surface area contributed by atoms with E-state index >= 15 is 0 Å². The standard InChI is InChI=1S/C40H29NO/c1-25-31-19-17-29(27-11-5-3-6-12-27)23-35(31)33-20-21-34-36-24-30(28-13-7-4-8-14-28)18-22-38(36)41(40(34)39(25)33)37-16-10-9-15-32(37)26(2)42/h3-25H,1-2H3. The number of carbonyl (C=O) groups excluding carboxylic acids is 1. The van der Waals surface area contributed by atoms with Crippen LogP contribution in [0.15, 0.2) is 133 Å². The van der Waals surface area contributed by atoms with E-state index in [0.29, 0.717) is 0 Å². The van der Waals surface area contributed by atoms with E-state index in [-0.39, 0.29) is 11.7 Å². The third-order valence-corrected chi connectivity index (χ3v) is 8.95. The quantitative estimate of drug-likeness (QED) is 0.204.